The van der Waals surface area contributed by atoms with Crippen LogP contribution >= 0.6 is 11.3 Å². The highest BCUT2D eigenvalue weighted by molar-refractivity contribution is 7.92. The summed E-state index contributed by atoms with van der Waals surface area (Å²) in [5.41, 5.74) is 1.16. The van der Waals surface area contributed by atoms with Crippen LogP contribution in [0.3, 0.4) is 0 Å². The molecule has 0 bridgehead atoms. The van der Waals surface area contributed by atoms with Crippen molar-refractivity contribution in [2.24, 2.45) is 0 Å². The van der Waals surface area contributed by atoms with Crippen molar-refractivity contribution in [3.63, 3.8) is 0 Å². The van der Waals surface area contributed by atoms with Gasteiger partial charge < -0.3 is 5.32 Å². The lowest BCUT2D eigenvalue weighted by Gasteiger charge is -2.30. The third-order valence-electron chi connectivity index (χ3n) is 3.66. The molecule has 0 saturated carbocycles. The van der Waals surface area contributed by atoms with E-state index in [1.54, 1.807) is 11.3 Å². The molecule has 1 aromatic rings. The van der Waals surface area contributed by atoms with Gasteiger partial charge in [-0.3, -0.25) is 0 Å². The van der Waals surface area contributed by atoms with Crippen molar-refractivity contribution in [3.05, 3.63) is 21.9 Å². The standard InChI is InChI=1S/C13H21NO2S2/c1-3-14-13(11-7-8-17-10(11)2)12-6-4-5-9-18(12,15)16/h7-8,12-14H,3-6,9H2,1-2H3. The van der Waals surface area contributed by atoms with Crippen LogP contribution in [0.5, 0.6) is 0 Å². The molecule has 102 valence electrons. The minimum Gasteiger partial charge on any atom is -0.309 e. The Balaban J connectivity index is 2.33. The van der Waals surface area contributed by atoms with E-state index in [9.17, 15) is 8.42 Å². The summed E-state index contributed by atoms with van der Waals surface area (Å²) in [6.07, 6.45) is 2.63. The van der Waals surface area contributed by atoms with Gasteiger partial charge in [0.25, 0.3) is 0 Å². The molecule has 0 spiro atoms. The molecule has 2 atom stereocenters. The molecular formula is C13H21NO2S2. The molecule has 2 heterocycles. The van der Waals surface area contributed by atoms with E-state index in [0.29, 0.717) is 5.75 Å². The van der Waals surface area contributed by atoms with Gasteiger partial charge in [0.05, 0.1) is 17.0 Å². The van der Waals surface area contributed by atoms with Crippen LogP contribution in [0.15, 0.2) is 11.4 Å². The van der Waals surface area contributed by atoms with Gasteiger partial charge in [-0.15, -0.1) is 11.3 Å². The number of rotatable bonds is 4. The van der Waals surface area contributed by atoms with E-state index in [4.69, 9.17) is 0 Å². The second-order valence-electron chi connectivity index (χ2n) is 4.87. The maximum atomic E-state index is 12.3. The number of sulfone groups is 1. The minimum absolute atomic E-state index is 0.0356. The largest absolute Gasteiger partial charge is 0.309 e. The molecule has 3 nitrogen and oxygen atoms in total. The molecule has 1 aromatic heterocycles. The van der Waals surface area contributed by atoms with Gasteiger partial charge in [0, 0.05) is 4.88 Å². The summed E-state index contributed by atoms with van der Waals surface area (Å²) in [5.74, 6) is 0.350. The van der Waals surface area contributed by atoms with Crippen molar-refractivity contribution >= 4 is 21.2 Å². The van der Waals surface area contributed by atoms with Crippen LogP contribution in [-0.2, 0) is 9.84 Å². The smallest absolute Gasteiger partial charge is 0.155 e. The average molecular weight is 287 g/mol. The zero-order valence-electron chi connectivity index (χ0n) is 11.0. The Morgan fingerprint density at radius 2 is 2.28 bits per heavy atom. The Hall–Kier alpha value is -0.390. The molecule has 1 aliphatic heterocycles. The molecule has 2 rings (SSSR count). The minimum atomic E-state index is -2.95. The first kappa shape index (κ1) is 14.0. The predicted octanol–water partition coefficient (Wildman–Crippen LogP) is 2.67. The summed E-state index contributed by atoms with van der Waals surface area (Å²) in [6.45, 7) is 4.90. The Bertz CT molecular complexity index is 493. The maximum absolute atomic E-state index is 12.3. The highest BCUT2D eigenvalue weighted by Gasteiger charge is 2.36. The van der Waals surface area contributed by atoms with Gasteiger partial charge in [-0.05, 0) is 43.3 Å². The lowest BCUT2D eigenvalue weighted by atomic mass is 10.00. The monoisotopic (exact) mass is 287 g/mol. The van der Waals surface area contributed by atoms with Gasteiger partial charge in [0.2, 0.25) is 0 Å². The topological polar surface area (TPSA) is 46.2 Å². The van der Waals surface area contributed by atoms with Gasteiger partial charge in [-0.1, -0.05) is 13.3 Å². The number of hydrogen-bond acceptors (Lipinski definition) is 4. The fraction of sp³-hybridized carbons (Fsp3) is 0.692. The van der Waals surface area contributed by atoms with Crippen LogP contribution in [0, 0.1) is 6.92 Å². The molecular weight excluding hydrogens is 266 g/mol. The predicted molar refractivity (Wildman–Crippen MR) is 76.9 cm³/mol. The number of hydrogen-bond donors (Lipinski definition) is 1. The van der Waals surface area contributed by atoms with E-state index in [2.05, 4.69) is 18.3 Å². The van der Waals surface area contributed by atoms with Gasteiger partial charge in [-0.2, -0.15) is 0 Å². The van der Waals surface area contributed by atoms with E-state index < -0.39 is 9.84 Å². The average Bonchev–Trinajstić information content (AvgIpc) is 2.72. The second kappa shape index (κ2) is 5.72. The fourth-order valence-corrected chi connectivity index (χ4v) is 5.58. The Labute approximate surface area is 114 Å². The molecule has 1 saturated heterocycles. The Morgan fingerprint density at radius 3 is 2.83 bits per heavy atom. The first-order valence-corrected chi connectivity index (χ1v) is 9.14. The zero-order valence-corrected chi connectivity index (χ0v) is 12.6. The van der Waals surface area contributed by atoms with E-state index in [1.807, 2.05) is 12.3 Å². The molecule has 1 fully saturated rings. The van der Waals surface area contributed by atoms with Gasteiger partial charge >= 0.3 is 0 Å². The van der Waals surface area contributed by atoms with Crippen LogP contribution in [-0.4, -0.2) is 26.0 Å². The van der Waals surface area contributed by atoms with Crippen molar-refractivity contribution in [2.45, 2.75) is 44.4 Å². The normalized spacial score (nSPS) is 24.9. The molecule has 5 heteroatoms. The zero-order chi connectivity index (χ0) is 13.2. The van der Waals surface area contributed by atoms with Crippen LogP contribution < -0.4 is 5.32 Å². The fourth-order valence-electron chi connectivity index (χ4n) is 2.73. The van der Waals surface area contributed by atoms with E-state index >= 15 is 0 Å². The first-order chi connectivity index (χ1) is 8.56. The Morgan fingerprint density at radius 1 is 1.50 bits per heavy atom. The molecule has 1 N–H and O–H groups in total. The van der Waals surface area contributed by atoms with E-state index in [0.717, 1.165) is 31.4 Å². The number of nitrogens with one attached hydrogen (secondary N) is 1. The van der Waals surface area contributed by atoms with Gasteiger partial charge in [-0.25, -0.2) is 8.42 Å². The summed E-state index contributed by atoms with van der Waals surface area (Å²) in [6, 6.07) is 2.03. The highest BCUT2D eigenvalue weighted by Crippen LogP contribution is 2.33. The van der Waals surface area contributed by atoms with Crippen molar-refractivity contribution < 1.29 is 8.42 Å². The highest BCUT2D eigenvalue weighted by atomic mass is 32.2. The number of aryl methyl sites for hydroxylation is 1. The quantitative estimate of drug-likeness (QED) is 0.926. The molecule has 0 aromatic carbocycles. The third-order valence-corrected chi connectivity index (χ3v) is 6.81. The lowest BCUT2D eigenvalue weighted by molar-refractivity contribution is 0.454. The summed E-state index contributed by atoms with van der Waals surface area (Å²) < 4.78 is 24.5. The molecule has 0 amide bonds. The van der Waals surface area contributed by atoms with Crippen LogP contribution in [0.2, 0.25) is 0 Å². The molecule has 2 unspecified atom stereocenters. The van der Waals surface area contributed by atoms with Gasteiger partial charge in [0.15, 0.2) is 9.84 Å². The molecule has 0 radical (unpaired) electrons. The maximum Gasteiger partial charge on any atom is 0.155 e. The van der Waals surface area contributed by atoms with Crippen molar-refractivity contribution in [1.29, 1.82) is 0 Å². The summed E-state index contributed by atoms with van der Waals surface area (Å²) in [5, 5.41) is 5.17. The van der Waals surface area contributed by atoms with Crippen molar-refractivity contribution in [2.75, 3.05) is 12.3 Å². The van der Waals surface area contributed by atoms with Crippen LogP contribution in [0.25, 0.3) is 0 Å². The van der Waals surface area contributed by atoms with E-state index in [-0.39, 0.29) is 11.3 Å². The summed E-state index contributed by atoms with van der Waals surface area (Å²) >= 11 is 1.69. The molecule has 18 heavy (non-hydrogen) atoms. The SMILES string of the molecule is CCNC(c1ccsc1C)C1CCCCS1(=O)=O. The lowest BCUT2D eigenvalue weighted by Crippen LogP contribution is -2.40. The third kappa shape index (κ3) is 2.78. The molecule has 0 aliphatic carbocycles. The van der Waals surface area contributed by atoms with Crippen molar-refractivity contribution in [3.8, 4) is 0 Å². The Kier molecular flexibility index (Phi) is 4.45. The first-order valence-electron chi connectivity index (χ1n) is 6.55. The van der Waals surface area contributed by atoms with Crippen LogP contribution in [0.1, 0.15) is 42.7 Å². The second-order valence-corrected chi connectivity index (χ2v) is 8.33. The van der Waals surface area contributed by atoms with Crippen LogP contribution in [0.4, 0.5) is 0 Å². The summed E-state index contributed by atoms with van der Waals surface area (Å²) in [7, 11) is -2.95. The summed E-state index contributed by atoms with van der Waals surface area (Å²) in [4.78, 5) is 1.22. The van der Waals surface area contributed by atoms with Crippen molar-refractivity contribution in [1.82, 2.24) is 5.32 Å². The number of thiophene rings is 1. The van der Waals surface area contributed by atoms with Gasteiger partial charge in [0.1, 0.15) is 0 Å². The van der Waals surface area contributed by atoms with E-state index in [1.165, 1.54) is 4.88 Å². The molecule has 1 aliphatic rings.